The third kappa shape index (κ3) is 4.96. The van der Waals surface area contributed by atoms with Gasteiger partial charge in [-0.3, -0.25) is 4.79 Å². The number of sulfone groups is 1. The lowest BCUT2D eigenvalue weighted by atomic mass is 10.0. The van der Waals surface area contributed by atoms with Gasteiger partial charge in [0.1, 0.15) is 0 Å². The largest absolute Gasteiger partial charge is 0.350 e. The number of hydrogen-bond acceptors (Lipinski definition) is 3. The molecule has 4 nitrogen and oxygen atoms in total. The number of hydrogen-bond donors (Lipinski definition) is 1. The number of carbonyl (C=O) groups is 1. The monoisotopic (exact) mass is 297 g/mol. The highest BCUT2D eigenvalue weighted by atomic mass is 32.2. The van der Waals surface area contributed by atoms with Gasteiger partial charge in [-0.05, 0) is 37.8 Å². The van der Waals surface area contributed by atoms with E-state index in [1.807, 2.05) is 6.92 Å². The van der Waals surface area contributed by atoms with Crippen LogP contribution < -0.4 is 5.32 Å². The average molecular weight is 297 g/mol. The van der Waals surface area contributed by atoms with Crippen molar-refractivity contribution in [2.75, 3.05) is 6.26 Å². The Hall–Kier alpha value is -1.36. The van der Waals surface area contributed by atoms with Gasteiger partial charge in [0.05, 0.1) is 10.5 Å². The second-order valence-corrected chi connectivity index (χ2v) is 7.60. The maximum atomic E-state index is 12.2. The summed E-state index contributed by atoms with van der Waals surface area (Å²) in [6.07, 6.45) is 3.01. The molecule has 0 heterocycles. The summed E-state index contributed by atoms with van der Waals surface area (Å²) >= 11 is 0. The van der Waals surface area contributed by atoms with Crippen molar-refractivity contribution in [3.05, 3.63) is 29.8 Å². The smallest absolute Gasteiger partial charge is 0.252 e. The molecular formula is C15H23NO3S. The van der Waals surface area contributed by atoms with Gasteiger partial charge < -0.3 is 5.32 Å². The zero-order valence-corrected chi connectivity index (χ0v) is 13.3. The van der Waals surface area contributed by atoms with Crippen molar-refractivity contribution in [1.29, 1.82) is 0 Å². The van der Waals surface area contributed by atoms with Crippen molar-refractivity contribution in [3.63, 3.8) is 0 Å². The molecule has 0 fully saturated rings. The Kier molecular flexibility index (Phi) is 5.74. The van der Waals surface area contributed by atoms with Gasteiger partial charge in [0, 0.05) is 12.3 Å². The fourth-order valence-electron chi connectivity index (χ4n) is 1.93. The summed E-state index contributed by atoms with van der Waals surface area (Å²) in [6.45, 7) is 6.20. The van der Waals surface area contributed by atoms with E-state index in [1.165, 1.54) is 6.07 Å². The minimum Gasteiger partial charge on any atom is -0.350 e. The Bertz CT molecular complexity index is 564. The van der Waals surface area contributed by atoms with E-state index in [-0.39, 0.29) is 22.4 Å². The number of benzene rings is 1. The van der Waals surface area contributed by atoms with Crippen LogP contribution in [0, 0.1) is 5.92 Å². The van der Waals surface area contributed by atoms with Gasteiger partial charge >= 0.3 is 0 Å². The first kappa shape index (κ1) is 16.7. The lowest BCUT2D eigenvalue weighted by Gasteiger charge is -2.16. The number of carbonyl (C=O) groups excluding carboxylic acids is 1. The quantitative estimate of drug-likeness (QED) is 0.878. The molecule has 0 unspecified atom stereocenters. The molecule has 1 amide bonds. The van der Waals surface area contributed by atoms with Crippen LogP contribution in [0.15, 0.2) is 29.2 Å². The van der Waals surface area contributed by atoms with Crippen molar-refractivity contribution in [3.8, 4) is 0 Å². The minimum absolute atomic E-state index is 0.0255. The summed E-state index contributed by atoms with van der Waals surface area (Å²) < 4.78 is 23.4. The van der Waals surface area contributed by atoms with E-state index in [1.54, 1.807) is 18.2 Å². The van der Waals surface area contributed by atoms with Crippen LogP contribution in [-0.2, 0) is 9.84 Å². The molecule has 1 N–H and O–H groups in total. The average Bonchev–Trinajstić information content (AvgIpc) is 2.35. The third-order valence-corrected chi connectivity index (χ3v) is 4.24. The lowest BCUT2D eigenvalue weighted by Crippen LogP contribution is -2.33. The zero-order chi connectivity index (χ0) is 15.3. The summed E-state index contributed by atoms with van der Waals surface area (Å²) in [5, 5.41) is 2.86. The zero-order valence-electron chi connectivity index (χ0n) is 12.5. The van der Waals surface area contributed by atoms with Crippen LogP contribution in [0.4, 0.5) is 0 Å². The molecule has 1 rings (SSSR count). The molecule has 0 aromatic heterocycles. The summed E-state index contributed by atoms with van der Waals surface area (Å²) in [5.74, 6) is 0.250. The molecule has 0 bridgehead atoms. The first-order valence-electron chi connectivity index (χ1n) is 6.81. The molecule has 1 aromatic rings. The molecule has 0 radical (unpaired) electrons. The molecule has 0 spiro atoms. The van der Waals surface area contributed by atoms with Gasteiger partial charge in [-0.15, -0.1) is 0 Å². The minimum atomic E-state index is -3.40. The lowest BCUT2D eigenvalue weighted by molar-refractivity contribution is 0.0934. The highest BCUT2D eigenvalue weighted by Gasteiger charge is 2.19. The van der Waals surface area contributed by atoms with Crippen LogP contribution in [0.2, 0.25) is 0 Å². The van der Waals surface area contributed by atoms with Gasteiger partial charge in [-0.25, -0.2) is 8.42 Å². The molecule has 1 aromatic carbocycles. The summed E-state index contributed by atoms with van der Waals surface area (Å²) in [6, 6.07) is 6.32. The molecule has 0 aliphatic rings. The summed E-state index contributed by atoms with van der Waals surface area (Å²) in [5.41, 5.74) is 0.214. The molecular weight excluding hydrogens is 274 g/mol. The number of nitrogens with one attached hydrogen (secondary N) is 1. The van der Waals surface area contributed by atoms with Crippen LogP contribution in [-0.4, -0.2) is 26.6 Å². The van der Waals surface area contributed by atoms with Crippen LogP contribution in [0.3, 0.4) is 0 Å². The Labute approximate surface area is 121 Å². The van der Waals surface area contributed by atoms with Gasteiger partial charge in [0.15, 0.2) is 9.84 Å². The molecule has 20 heavy (non-hydrogen) atoms. The Balaban J connectivity index is 2.83. The van der Waals surface area contributed by atoms with E-state index >= 15 is 0 Å². The highest BCUT2D eigenvalue weighted by Crippen LogP contribution is 2.16. The topological polar surface area (TPSA) is 63.2 Å². The Morgan fingerprint density at radius 2 is 1.75 bits per heavy atom. The second kappa shape index (κ2) is 6.88. The fourth-order valence-corrected chi connectivity index (χ4v) is 2.82. The van der Waals surface area contributed by atoms with E-state index in [0.29, 0.717) is 5.92 Å². The predicted octanol–water partition coefficient (Wildman–Crippen LogP) is 2.64. The van der Waals surface area contributed by atoms with Crippen molar-refractivity contribution in [1.82, 2.24) is 5.32 Å². The van der Waals surface area contributed by atoms with Crippen molar-refractivity contribution in [2.24, 2.45) is 5.92 Å². The van der Waals surface area contributed by atoms with E-state index in [0.717, 1.165) is 19.1 Å². The molecule has 0 aliphatic carbocycles. The SMILES string of the molecule is CC(C)CC[C@H](C)NC(=O)c1ccccc1S(C)(=O)=O. The van der Waals surface area contributed by atoms with Crippen LogP contribution in [0.5, 0.6) is 0 Å². The highest BCUT2D eigenvalue weighted by molar-refractivity contribution is 7.90. The van der Waals surface area contributed by atoms with Gasteiger partial charge in [0.25, 0.3) is 5.91 Å². The van der Waals surface area contributed by atoms with Gasteiger partial charge in [-0.1, -0.05) is 26.0 Å². The fraction of sp³-hybridized carbons (Fsp3) is 0.533. The number of rotatable bonds is 6. The van der Waals surface area contributed by atoms with Crippen molar-refractivity contribution >= 4 is 15.7 Å². The molecule has 112 valence electrons. The van der Waals surface area contributed by atoms with Crippen molar-refractivity contribution < 1.29 is 13.2 Å². The molecule has 1 atom stereocenters. The summed E-state index contributed by atoms with van der Waals surface area (Å²) in [7, 11) is -3.40. The maximum Gasteiger partial charge on any atom is 0.252 e. The number of amides is 1. The first-order chi connectivity index (χ1) is 9.21. The third-order valence-electron chi connectivity index (χ3n) is 3.09. The van der Waals surface area contributed by atoms with Crippen LogP contribution in [0.25, 0.3) is 0 Å². The second-order valence-electron chi connectivity index (χ2n) is 5.61. The molecule has 0 saturated carbocycles. The van der Waals surface area contributed by atoms with Crippen LogP contribution >= 0.6 is 0 Å². The van der Waals surface area contributed by atoms with Crippen LogP contribution in [0.1, 0.15) is 44.0 Å². The standard InChI is InChI=1S/C15H23NO3S/c1-11(2)9-10-12(3)16-15(17)13-7-5-6-8-14(13)20(4,18)19/h5-8,11-12H,9-10H2,1-4H3,(H,16,17)/t12-/m0/s1. The predicted molar refractivity (Wildman–Crippen MR) is 80.6 cm³/mol. The van der Waals surface area contributed by atoms with E-state index in [4.69, 9.17) is 0 Å². The molecule has 5 heteroatoms. The van der Waals surface area contributed by atoms with Gasteiger partial charge in [-0.2, -0.15) is 0 Å². The Morgan fingerprint density at radius 3 is 2.30 bits per heavy atom. The maximum absolute atomic E-state index is 12.2. The normalized spacial score (nSPS) is 13.2. The molecule has 0 saturated heterocycles. The van der Waals surface area contributed by atoms with E-state index in [9.17, 15) is 13.2 Å². The summed E-state index contributed by atoms with van der Waals surface area (Å²) in [4.78, 5) is 12.3. The molecule has 0 aliphatic heterocycles. The van der Waals surface area contributed by atoms with Gasteiger partial charge in [0.2, 0.25) is 0 Å². The van der Waals surface area contributed by atoms with E-state index < -0.39 is 9.84 Å². The first-order valence-corrected chi connectivity index (χ1v) is 8.71. The van der Waals surface area contributed by atoms with Crippen molar-refractivity contribution in [2.45, 2.75) is 44.6 Å². The Morgan fingerprint density at radius 1 is 1.15 bits per heavy atom. The van der Waals surface area contributed by atoms with E-state index in [2.05, 4.69) is 19.2 Å².